The lowest BCUT2D eigenvalue weighted by molar-refractivity contribution is -0.137. The van der Waals surface area contributed by atoms with Crippen molar-refractivity contribution in [3.63, 3.8) is 0 Å². The van der Waals surface area contributed by atoms with Crippen LogP contribution in [0.25, 0.3) is 0 Å². The van der Waals surface area contributed by atoms with E-state index in [1.165, 1.54) is 78.7 Å². The van der Waals surface area contributed by atoms with Gasteiger partial charge in [-0.05, 0) is 76.5 Å². The van der Waals surface area contributed by atoms with Gasteiger partial charge < -0.3 is 48.9 Å². The highest BCUT2D eigenvalue weighted by molar-refractivity contribution is 5.98. The fraction of sp³-hybridized carbons (Fsp3) is 0.836. The monoisotopic (exact) mass is 1130 g/mol. The third-order valence-corrected chi connectivity index (χ3v) is 15.4. The van der Waals surface area contributed by atoms with Crippen LogP contribution >= 0.6 is 0 Å². The van der Waals surface area contributed by atoms with Crippen LogP contribution in [0.1, 0.15) is 231 Å². The average Bonchev–Trinajstić information content (AvgIpc) is 3.38. The minimum Gasteiger partial charge on any atom is -0.393 e. The molecule has 0 radical (unpaired) electrons. The number of nitrogens with two attached hydrogens (primary N) is 3. The zero-order valence-corrected chi connectivity index (χ0v) is 51.9. The molecule has 0 aliphatic carbocycles. The number of hydrogen-bond donors (Lipinski definition) is 9. The molecular weight excluding hydrogens is 1020 g/mol. The van der Waals surface area contributed by atoms with Crippen LogP contribution in [0.3, 0.4) is 0 Å². The molecule has 1 unspecified atom stereocenters. The fourth-order valence-corrected chi connectivity index (χ4v) is 10.1. The Labute approximate surface area is 482 Å². The Kier molecular flexibility index (Phi) is 39.6. The van der Waals surface area contributed by atoms with Crippen molar-refractivity contribution in [2.45, 2.75) is 267 Å². The maximum Gasteiger partial charge on any atom is 0.225 e. The number of rotatable bonds is 47. The first-order valence-electron chi connectivity index (χ1n) is 30.6. The second-order valence-electron chi connectivity index (χ2n) is 24.1. The van der Waals surface area contributed by atoms with E-state index in [9.17, 15) is 48.3 Å². The number of nitrogens with zero attached hydrogens (tertiary/aromatic N) is 1. The summed E-state index contributed by atoms with van der Waals surface area (Å²) in [7, 11) is 1.40. The topological polar surface area (TPSA) is 324 Å². The fourth-order valence-electron chi connectivity index (χ4n) is 10.1. The van der Waals surface area contributed by atoms with Crippen molar-refractivity contribution in [3.05, 3.63) is 0 Å². The lowest BCUT2D eigenvalue weighted by atomic mass is 9.83. The highest BCUT2D eigenvalue weighted by atomic mass is 16.3. The van der Waals surface area contributed by atoms with Crippen LogP contribution in [0, 0.1) is 47.3 Å². The molecule has 0 aromatic rings. The molecule has 0 spiro atoms. The average molecular weight is 1130 g/mol. The predicted octanol–water partition coefficient (Wildman–Crippen LogP) is 7.05. The number of aliphatic imine (C=N–C) groups is 1. The van der Waals surface area contributed by atoms with Gasteiger partial charge in [0, 0.05) is 69.5 Å². The van der Waals surface area contributed by atoms with E-state index < -0.39 is 113 Å². The molecule has 462 valence electrons. The minimum absolute atomic E-state index is 0.0337. The van der Waals surface area contributed by atoms with Gasteiger partial charge in [0.2, 0.25) is 29.5 Å². The number of Topliss-reactive ketones (excluding diaryl/α,β-unsaturated/α-hetero) is 4. The van der Waals surface area contributed by atoms with Crippen molar-refractivity contribution >= 4 is 58.6 Å². The zero-order valence-electron chi connectivity index (χ0n) is 51.9. The zero-order chi connectivity index (χ0) is 61.1. The van der Waals surface area contributed by atoms with E-state index in [0.29, 0.717) is 19.3 Å². The number of ketones is 4. The summed E-state index contributed by atoms with van der Waals surface area (Å²) >= 11 is 0. The van der Waals surface area contributed by atoms with E-state index in [-0.39, 0.29) is 87.4 Å². The Bertz CT molecular complexity index is 1900. The lowest BCUT2D eigenvalue weighted by Gasteiger charge is -2.30. The van der Waals surface area contributed by atoms with E-state index in [0.717, 1.165) is 19.3 Å². The van der Waals surface area contributed by atoms with Crippen molar-refractivity contribution in [1.29, 1.82) is 0 Å². The normalized spacial score (nSPS) is 15.7. The molecule has 0 rings (SSSR count). The second-order valence-corrected chi connectivity index (χ2v) is 24.1. The molecule has 0 fully saturated rings. The standard InChI is InChI=1S/C61H113N9O10/c1-14-16-17-18-19-20-21-22-23-24-25-26-27-30-54(76)68-49(33-42(10)62)51(73)36-47(41(9)15-2)60(80)70-56(40(7)8)52(74)34-45(29-28-31-66-61(63)64)57(77)69-55(39(5)6)53(75)35-46(32-38(3)4)58(78)67-43(11)50(72)37-48(44(12)71)59(79)65-13/h38-49,55-56,71H,14-37,62H2,1-13H3,(H,65,79)(H,67,78)(H,68,76)(H,69,77)(H,70,80)(H4,63,64,66)/t41-,42?,43-,44+,45+,46+,47-,48-,49-,55-,56-/m0/s1. The Hall–Kier alpha value is -4.78. The van der Waals surface area contributed by atoms with Gasteiger partial charge >= 0.3 is 0 Å². The minimum atomic E-state index is -1.11. The maximum atomic E-state index is 14.4. The Morgan fingerprint density at radius 2 is 0.988 bits per heavy atom. The van der Waals surface area contributed by atoms with Gasteiger partial charge in [0.25, 0.3) is 0 Å². The maximum absolute atomic E-state index is 14.4. The molecule has 12 N–H and O–H groups in total. The molecular formula is C61H113N9O10. The van der Waals surface area contributed by atoms with E-state index in [1.54, 1.807) is 34.6 Å². The number of aliphatic hydroxyl groups is 1. The summed E-state index contributed by atoms with van der Waals surface area (Å²) in [4.78, 5) is 128. The smallest absolute Gasteiger partial charge is 0.225 e. The molecule has 0 saturated carbocycles. The van der Waals surface area contributed by atoms with Gasteiger partial charge in [-0.15, -0.1) is 0 Å². The molecule has 0 aromatic carbocycles. The second kappa shape index (κ2) is 42.1. The summed E-state index contributed by atoms with van der Waals surface area (Å²) in [5.41, 5.74) is 17.3. The highest BCUT2D eigenvalue weighted by Crippen LogP contribution is 2.25. The molecule has 0 bridgehead atoms. The van der Waals surface area contributed by atoms with Crippen LogP contribution in [-0.4, -0.2) is 114 Å². The van der Waals surface area contributed by atoms with Crippen LogP contribution in [0.2, 0.25) is 0 Å². The third kappa shape index (κ3) is 32.0. The molecule has 19 nitrogen and oxygen atoms in total. The lowest BCUT2D eigenvalue weighted by Crippen LogP contribution is -2.51. The summed E-state index contributed by atoms with van der Waals surface area (Å²) in [6, 6.07) is -4.44. The number of unbranched alkanes of at least 4 members (excludes halogenated alkanes) is 12. The quantitative estimate of drug-likeness (QED) is 0.0168. The third-order valence-electron chi connectivity index (χ3n) is 15.4. The van der Waals surface area contributed by atoms with Gasteiger partial charge in [-0.2, -0.15) is 0 Å². The number of amides is 5. The van der Waals surface area contributed by atoms with Crippen LogP contribution in [0.4, 0.5) is 0 Å². The van der Waals surface area contributed by atoms with Gasteiger partial charge in [0.05, 0.1) is 36.2 Å². The van der Waals surface area contributed by atoms with E-state index >= 15 is 0 Å². The molecule has 0 aliphatic rings. The summed E-state index contributed by atoms with van der Waals surface area (Å²) < 4.78 is 0. The molecule has 19 heteroatoms. The summed E-state index contributed by atoms with van der Waals surface area (Å²) in [5, 5.41) is 24.0. The van der Waals surface area contributed by atoms with Crippen LogP contribution in [-0.2, 0) is 43.2 Å². The first kappa shape index (κ1) is 75.2. The van der Waals surface area contributed by atoms with Gasteiger partial charge in [-0.1, -0.05) is 146 Å². The van der Waals surface area contributed by atoms with Gasteiger partial charge in [-0.3, -0.25) is 48.1 Å². The van der Waals surface area contributed by atoms with Gasteiger partial charge in [0.1, 0.15) is 0 Å². The SMILES string of the molecule is CCCCCCCCCCCCCCCC(=O)N[C@@H](CC(C)N)C(=O)C[C@H](C(=O)N[C@H](C(=O)C[C@@H](CCCN=C(N)N)C(=O)N[C@H](C(=O)C[C@@H](CC(C)C)C(=O)N[C@@H](C)C(=O)C[C@H](C(=O)NC)[C@@H](C)O)C(C)C)C(C)C)[C@@H](C)CC. The molecule has 11 atom stereocenters. The number of hydrogen-bond acceptors (Lipinski definition) is 12. The number of guanidine groups is 1. The number of aliphatic hydroxyl groups excluding tert-OH is 1. The largest absolute Gasteiger partial charge is 0.393 e. The molecule has 0 saturated heterocycles. The van der Waals surface area contributed by atoms with Crippen LogP contribution < -0.4 is 43.8 Å². The van der Waals surface area contributed by atoms with Crippen molar-refractivity contribution in [1.82, 2.24) is 26.6 Å². The van der Waals surface area contributed by atoms with Gasteiger partial charge in [-0.25, -0.2) is 0 Å². The van der Waals surface area contributed by atoms with Crippen molar-refractivity contribution < 1.29 is 48.3 Å². The van der Waals surface area contributed by atoms with E-state index in [1.807, 2.05) is 27.7 Å². The van der Waals surface area contributed by atoms with Crippen LogP contribution in [0.15, 0.2) is 4.99 Å². The molecule has 0 aliphatic heterocycles. The first-order chi connectivity index (χ1) is 37.6. The summed E-state index contributed by atoms with van der Waals surface area (Å²) in [6.07, 6.45) is 15.0. The van der Waals surface area contributed by atoms with E-state index in [4.69, 9.17) is 17.2 Å². The molecule has 5 amide bonds. The number of nitrogens with one attached hydrogen (secondary N) is 5. The Balaban J connectivity index is 6.24. The van der Waals surface area contributed by atoms with Crippen LogP contribution in [0.5, 0.6) is 0 Å². The van der Waals surface area contributed by atoms with Crippen molar-refractivity contribution in [2.24, 2.45) is 69.5 Å². The molecule has 80 heavy (non-hydrogen) atoms. The van der Waals surface area contributed by atoms with Gasteiger partial charge in [0.15, 0.2) is 29.1 Å². The highest BCUT2D eigenvalue weighted by Gasteiger charge is 2.37. The first-order valence-corrected chi connectivity index (χ1v) is 30.6. The Morgan fingerprint density at radius 3 is 1.44 bits per heavy atom. The number of carbonyl (C=O) groups excluding carboxylic acids is 9. The number of carbonyl (C=O) groups is 9. The molecule has 0 heterocycles. The van der Waals surface area contributed by atoms with E-state index in [2.05, 4.69) is 38.5 Å². The predicted molar refractivity (Wildman–Crippen MR) is 319 cm³/mol. The summed E-state index contributed by atoms with van der Waals surface area (Å²) in [5.74, 6) is -9.08. The van der Waals surface area contributed by atoms with Crippen molar-refractivity contribution in [2.75, 3.05) is 13.6 Å². The summed E-state index contributed by atoms with van der Waals surface area (Å²) in [6.45, 7) is 21.6. The molecule has 0 aromatic heterocycles. The Morgan fingerprint density at radius 1 is 0.512 bits per heavy atom. The van der Waals surface area contributed by atoms with Crippen molar-refractivity contribution in [3.8, 4) is 0 Å².